The normalized spacial score (nSPS) is 14.0. The minimum Gasteiger partial charge on any atom is -0.387 e. The van der Waals surface area contributed by atoms with E-state index in [1.165, 1.54) is 231 Å². The Bertz CT molecular complexity index is 1050. The van der Waals surface area contributed by atoms with Crippen LogP contribution in [0.1, 0.15) is 284 Å². The number of quaternary nitrogens is 1. The third kappa shape index (κ3) is 49.2. The van der Waals surface area contributed by atoms with E-state index in [1.54, 1.807) is 6.08 Å². The molecule has 64 heavy (non-hydrogen) atoms. The second-order valence-corrected chi connectivity index (χ2v) is 22.1. The molecule has 382 valence electrons. The first-order chi connectivity index (χ1) is 31.0. The van der Waals surface area contributed by atoms with Crippen molar-refractivity contribution in [2.24, 2.45) is 0 Å². The number of carbonyl (C=O) groups excluding carboxylic acids is 1. The van der Waals surface area contributed by atoms with Crippen LogP contribution in [0.2, 0.25) is 0 Å². The SMILES string of the molecule is CCCCCCCCCCCCCCCCCCCCCCCCCCC/C=C/C(O)C(COP(=O)(O)OCC[N+](C)(C)C)NC(=O)CCCCCCCCCCCCCCCCC. The van der Waals surface area contributed by atoms with E-state index in [0.29, 0.717) is 17.4 Å². The Hall–Kier alpha value is -0.760. The first-order valence-corrected chi connectivity index (χ1v) is 29.6. The van der Waals surface area contributed by atoms with Crippen molar-refractivity contribution in [3.05, 3.63) is 12.2 Å². The zero-order chi connectivity index (χ0) is 47.1. The summed E-state index contributed by atoms with van der Waals surface area (Å²) < 4.78 is 23.7. The molecule has 0 aliphatic rings. The number of amides is 1. The highest BCUT2D eigenvalue weighted by atomic mass is 31.2. The lowest BCUT2D eigenvalue weighted by Gasteiger charge is -2.25. The fourth-order valence-electron chi connectivity index (χ4n) is 8.57. The Morgan fingerprint density at radius 2 is 0.828 bits per heavy atom. The molecule has 3 atom stereocenters. The monoisotopic (exact) mass is 928 g/mol. The number of rotatable bonds is 52. The van der Waals surface area contributed by atoms with Crippen molar-refractivity contribution < 1.29 is 32.9 Å². The van der Waals surface area contributed by atoms with Crippen LogP contribution >= 0.6 is 7.82 Å². The van der Waals surface area contributed by atoms with Gasteiger partial charge in [0, 0.05) is 6.42 Å². The van der Waals surface area contributed by atoms with Crippen molar-refractivity contribution in [2.75, 3.05) is 40.9 Å². The molecule has 8 nitrogen and oxygen atoms in total. The van der Waals surface area contributed by atoms with Gasteiger partial charge in [-0.25, -0.2) is 4.57 Å². The predicted octanol–water partition coefficient (Wildman–Crippen LogP) is 16.7. The number of phosphoric ester groups is 1. The molecule has 0 bridgehead atoms. The Balaban J connectivity index is 4.15. The lowest BCUT2D eigenvalue weighted by Crippen LogP contribution is -2.45. The largest absolute Gasteiger partial charge is 0.472 e. The summed E-state index contributed by atoms with van der Waals surface area (Å²) >= 11 is 0. The maximum Gasteiger partial charge on any atom is 0.472 e. The number of aliphatic hydroxyl groups excluding tert-OH is 1. The minimum absolute atomic E-state index is 0.0650. The molecule has 0 saturated carbocycles. The summed E-state index contributed by atoms with van der Waals surface area (Å²) in [5.74, 6) is -0.172. The van der Waals surface area contributed by atoms with Gasteiger partial charge in [-0.1, -0.05) is 270 Å². The highest BCUT2D eigenvalue weighted by Crippen LogP contribution is 2.43. The molecule has 0 radical (unpaired) electrons. The van der Waals surface area contributed by atoms with Gasteiger partial charge >= 0.3 is 7.82 Å². The van der Waals surface area contributed by atoms with E-state index >= 15 is 0 Å². The number of nitrogens with one attached hydrogen (secondary N) is 1. The molecule has 0 aromatic carbocycles. The van der Waals surface area contributed by atoms with E-state index in [4.69, 9.17) is 9.05 Å². The fraction of sp³-hybridized carbons (Fsp3) is 0.945. The van der Waals surface area contributed by atoms with Crippen LogP contribution in [0.15, 0.2) is 12.2 Å². The third-order valence-corrected chi connectivity index (χ3v) is 14.0. The number of carbonyl (C=O) groups is 1. The molecular formula is C55H112N2O6P+. The first kappa shape index (κ1) is 63.2. The van der Waals surface area contributed by atoms with Crippen LogP contribution in [0.3, 0.4) is 0 Å². The summed E-state index contributed by atoms with van der Waals surface area (Å²) in [6, 6.07) is -0.841. The van der Waals surface area contributed by atoms with Crippen LogP contribution in [0.4, 0.5) is 0 Å². The van der Waals surface area contributed by atoms with Crippen molar-refractivity contribution in [3.63, 3.8) is 0 Å². The molecule has 9 heteroatoms. The highest BCUT2D eigenvalue weighted by Gasteiger charge is 2.27. The van der Waals surface area contributed by atoms with E-state index in [2.05, 4.69) is 19.2 Å². The lowest BCUT2D eigenvalue weighted by molar-refractivity contribution is -0.870. The van der Waals surface area contributed by atoms with Gasteiger partial charge in [-0.15, -0.1) is 0 Å². The smallest absolute Gasteiger partial charge is 0.387 e. The van der Waals surface area contributed by atoms with Gasteiger partial charge in [-0.2, -0.15) is 0 Å². The predicted molar refractivity (Wildman–Crippen MR) is 277 cm³/mol. The van der Waals surface area contributed by atoms with E-state index in [0.717, 1.165) is 32.1 Å². The number of allylic oxidation sites excluding steroid dienone is 1. The lowest BCUT2D eigenvalue weighted by atomic mass is 10.0. The molecule has 0 aromatic rings. The number of unbranched alkanes of at least 4 members (excludes halogenated alkanes) is 39. The first-order valence-electron chi connectivity index (χ1n) is 28.1. The average molecular weight is 928 g/mol. The van der Waals surface area contributed by atoms with Gasteiger partial charge < -0.3 is 19.8 Å². The zero-order valence-corrected chi connectivity index (χ0v) is 44.4. The van der Waals surface area contributed by atoms with Crippen LogP contribution < -0.4 is 5.32 Å². The summed E-state index contributed by atoms with van der Waals surface area (Å²) in [5.41, 5.74) is 0. The maximum atomic E-state index is 12.9. The number of nitrogens with zero attached hydrogens (tertiary/aromatic N) is 1. The summed E-state index contributed by atoms with van der Waals surface area (Å²) in [6.07, 6.45) is 57.4. The van der Waals surface area contributed by atoms with Crippen LogP contribution in [0.25, 0.3) is 0 Å². The summed E-state index contributed by atoms with van der Waals surface area (Å²) in [5, 5.41) is 13.9. The van der Waals surface area contributed by atoms with Crippen LogP contribution in [0.5, 0.6) is 0 Å². The average Bonchev–Trinajstić information content (AvgIpc) is 3.25. The van der Waals surface area contributed by atoms with E-state index in [-0.39, 0.29) is 19.1 Å². The number of hydrogen-bond donors (Lipinski definition) is 3. The summed E-state index contributed by atoms with van der Waals surface area (Å²) in [6.45, 7) is 4.86. The molecule has 0 aliphatic heterocycles. The van der Waals surface area contributed by atoms with Gasteiger partial charge in [-0.05, 0) is 19.3 Å². The van der Waals surface area contributed by atoms with Gasteiger partial charge in [0.1, 0.15) is 13.2 Å². The summed E-state index contributed by atoms with van der Waals surface area (Å²) in [7, 11) is 1.59. The topological polar surface area (TPSA) is 105 Å². The second kappa shape index (κ2) is 47.3. The van der Waals surface area contributed by atoms with Crippen LogP contribution in [-0.4, -0.2) is 73.4 Å². The van der Waals surface area contributed by atoms with E-state index in [1.807, 2.05) is 27.2 Å². The number of phosphoric acid groups is 1. The number of aliphatic hydroxyl groups is 1. The molecule has 3 unspecified atom stereocenters. The number of hydrogen-bond acceptors (Lipinski definition) is 5. The van der Waals surface area contributed by atoms with E-state index in [9.17, 15) is 19.4 Å². The molecule has 0 heterocycles. The van der Waals surface area contributed by atoms with Crippen molar-refractivity contribution in [2.45, 2.75) is 296 Å². The van der Waals surface area contributed by atoms with Crippen molar-refractivity contribution in [3.8, 4) is 0 Å². The Morgan fingerprint density at radius 3 is 1.16 bits per heavy atom. The molecule has 3 N–H and O–H groups in total. The van der Waals surface area contributed by atoms with Gasteiger partial charge in [-0.3, -0.25) is 13.8 Å². The third-order valence-electron chi connectivity index (χ3n) is 13.0. The Labute approximate surface area is 399 Å². The fourth-order valence-corrected chi connectivity index (χ4v) is 9.31. The molecule has 0 rings (SSSR count). The molecular weight excluding hydrogens is 816 g/mol. The number of likely N-dealkylation sites (N-methyl/N-ethyl adjacent to an activating group) is 1. The van der Waals surface area contributed by atoms with Gasteiger partial charge in [0.2, 0.25) is 5.91 Å². The quantitative estimate of drug-likeness (QED) is 0.0243. The molecule has 0 aliphatic carbocycles. The molecule has 0 fully saturated rings. The standard InChI is InChI=1S/C55H111N2O6P/c1-6-8-10-12-14-16-18-20-22-23-24-25-26-27-28-29-30-31-32-33-35-36-38-40-42-44-46-48-54(58)53(52-63-64(60,61)62-51-50-57(3,4)5)56-55(59)49-47-45-43-41-39-37-34-21-19-17-15-13-11-9-7-2/h46,48,53-54,58H,6-45,47,49-52H2,1-5H3,(H-,56,59,60,61)/p+1/b48-46+. The van der Waals surface area contributed by atoms with Gasteiger partial charge in [0.15, 0.2) is 0 Å². The summed E-state index contributed by atoms with van der Waals surface area (Å²) in [4.78, 5) is 23.2. The zero-order valence-electron chi connectivity index (χ0n) is 43.6. The molecule has 0 saturated heterocycles. The second-order valence-electron chi connectivity index (χ2n) is 20.7. The minimum atomic E-state index is -4.34. The van der Waals surface area contributed by atoms with E-state index < -0.39 is 20.0 Å². The van der Waals surface area contributed by atoms with Crippen LogP contribution in [-0.2, 0) is 18.4 Å². The molecule has 0 spiro atoms. The highest BCUT2D eigenvalue weighted by molar-refractivity contribution is 7.47. The van der Waals surface area contributed by atoms with Gasteiger partial charge in [0.05, 0.1) is 39.9 Å². The molecule has 1 amide bonds. The Morgan fingerprint density at radius 1 is 0.516 bits per heavy atom. The van der Waals surface area contributed by atoms with Crippen LogP contribution in [0, 0.1) is 0 Å². The maximum absolute atomic E-state index is 12.9. The van der Waals surface area contributed by atoms with Crippen molar-refractivity contribution in [1.29, 1.82) is 0 Å². The van der Waals surface area contributed by atoms with Gasteiger partial charge in [0.25, 0.3) is 0 Å². The molecule has 0 aromatic heterocycles. The van der Waals surface area contributed by atoms with Crippen molar-refractivity contribution in [1.82, 2.24) is 5.32 Å². The Kier molecular flexibility index (Phi) is 46.8. The van der Waals surface area contributed by atoms with Crippen molar-refractivity contribution >= 4 is 13.7 Å².